The van der Waals surface area contributed by atoms with Gasteiger partial charge in [0.25, 0.3) is 11.5 Å². The third-order valence-corrected chi connectivity index (χ3v) is 2.42. The molecule has 1 N–H and O–H groups in total. The van der Waals surface area contributed by atoms with Crippen LogP contribution < -0.4 is 5.32 Å². The number of halogens is 2. The van der Waals surface area contributed by atoms with Crippen LogP contribution in [0.1, 0.15) is 0 Å². The van der Waals surface area contributed by atoms with Gasteiger partial charge in [0.05, 0.1) is 6.26 Å². The largest absolute Gasteiger partial charge is 0.461 e. The van der Waals surface area contributed by atoms with Crippen molar-refractivity contribution in [1.82, 2.24) is 9.36 Å². The highest BCUT2D eigenvalue weighted by atomic mass is 35.5. The van der Waals surface area contributed by atoms with E-state index in [2.05, 4.69) is 14.7 Å². The van der Waals surface area contributed by atoms with Crippen LogP contribution in [0.5, 0.6) is 0 Å². The zero-order chi connectivity index (χ0) is 11.5. The highest BCUT2D eigenvalue weighted by Crippen LogP contribution is 2.21. The van der Waals surface area contributed by atoms with E-state index in [-0.39, 0.29) is 5.13 Å². The molecule has 8 heteroatoms. The number of alkyl halides is 2. The fraction of sp³-hybridized carbons (Fsp3) is 0.125. The number of carbonyl (C=O) groups excluding carboxylic acids is 1. The smallest absolute Gasteiger partial charge is 0.276 e. The van der Waals surface area contributed by atoms with Gasteiger partial charge in [-0.25, -0.2) is 4.39 Å². The lowest BCUT2D eigenvalue weighted by atomic mass is 10.4. The zero-order valence-corrected chi connectivity index (χ0v) is 9.26. The fourth-order valence-electron chi connectivity index (χ4n) is 0.940. The predicted octanol–water partition coefficient (Wildman–Crippen LogP) is 2.27. The molecule has 2 heterocycles. The van der Waals surface area contributed by atoms with E-state index >= 15 is 0 Å². The third-order valence-electron chi connectivity index (χ3n) is 1.60. The molecule has 0 saturated carbocycles. The zero-order valence-electron chi connectivity index (χ0n) is 7.68. The second kappa shape index (κ2) is 4.58. The number of rotatable bonds is 3. The van der Waals surface area contributed by atoms with E-state index in [1.807, 2.05) is 0 Å². The van der Waals surface area contributed by atoms with Crippen LogP contribution in [-0.2, 0) is 4.79 Å². The van der Waals surface area contributed by atoms with Gasteiger partial charge in [0.2, 0.25) is 11.0 Å². The molecule has 1 atom stereocenters. The van der Waals surface area contributed by atoms with Crippen LogP contribution >= 0.6 is 23.1 Å². The molecule has 84 valence electrons. The molecular weight excluding hydrogens is 257 g/mol. The van der Waals surface area contributed by atoms with E-state index in [1.54, 1.807) is 12.1 Å². The lowest BCUT2D eigenvalue weighted by Gasteiger charge is -1.98. The monoisotopic (exact) mass is 261 g/mol. The molecule has 0 saturated heterocycles. The van der Waals surface area contributed by atoms with Gasteiger partial charge in [-0.2, -0.15) is 9.36 Å². The molecule has 0 fully saturated rings. The van der Waals surface area contributed by atoms with Crippen molar-refractivity contribution in [2.75, 3.05) is 5.32 Å². The maximum atomic E-state index is 12.4. The summed E-state index contributed by atoms with van der Waals surface area (Å²) in [5.41, 5.74) is -2.10. The Morgan fingerprint density at radius 3 is 3.12 bits per heavy atom. The molecule has 1 amide bonds. The average Bonchev–Trinajstić information content (AvgIpc) is 2.85. The quantitative estimate of drug-likeness (QED) is 0.861. The van der Waals surface area contributed by atoms with Crippen molar-refractivity contribution >= 4 is 34.2 Å². The third kappa shape index (κ3) is 2.37. The summed E-state index contributed by atoms with van der Waals surface area (Å²) >= 11 is 5.86. The summed E-state index contributed by atoms with van der Waals surface area (Å²) < 4.78 is 21.3. The summed E-state index contributed by atoms with van der Waals surface area (Å²) in [6.07, 6.45) is 1.48. The molecule has 0 aliphatic heterocycles. The summed E-state index contributed by atoms with van der Waals surface area (Å²) in [4.78, 5) is 14.8. The Kier molecular flexibility index (Phi) is 3.16. The van der Waals surface area contributed by atoms with Crippen molar-refractivity contribution in [3.8, 4) is 11.6 Å². The van der Waals surface area contributed by atoms with Crippen LogP contribution in [0.2, 0.25) is 0 Å². The minimum absolute atomic E-state index is 0.166. The molecule has 0 aromatic carbocycles. The standard InChI is InChI=1S/C8H5ClFN3O2S/c9-5(10)7(14)12-8-11-6(13-16-8)4-2-1-3-15-4/h1-3,5H,(H,11,12,13,14). The lowest BCUT2D eigenvalue weighted by molar-refractivity contribution is -0.118. The van der Waals surface area contributed by atoms with E-state index < -0.39 is 11.5 Å². The SMILES string of the molecule is O=C(Nc1nc(-c2ccco2)ns1)C(F)Cl. The maximum Gasteiger partial charge on any atom is 0.276 e. The first-order chi connectivity index (χ1) is 7.66. The first-order valence-corrected chi connectivity index (χ1v) is 5.34. The summed E-state index contributed by atoms with van der Waals surface area (Å²) in [6, 6.07) is 3.36. The minimum Gasteiger partial charge on any atom is -0.461 e. The number of carbonyl (C=O) groups is 1. The van der Waals surface area contributed by atoms with Crippen molar-refractivity contribution < 1.29 is 13.6 Å². The predicted molar refractivity (Wildman–Crippen MR) is 57.0 cm³/mol. The fourth-order valence-corrected chi connectivity index (χ4v) is 1.57. The molecular formula is C8H5ClFN3O2S. The highest BCUT2D eigenvalue weighted by Gasteiger charge is 2.16. The topological polar surface area (TPSA) is 68.0 Å². The summed E-state index contributed by atoms with van der Waals surface area (Å²) in [7, 11) is 0. The first-order valence-electron chi connectivity index (χ1n) is 4.13. The molecule has 2 aromatic rings. The van der Waals surface area contributed by atoms with Gasteiger partial charge in [0.15, 0.2) is 5.76 Å². The van der Waals surface area contributed by atoms with Crippen LogP contribution in [0.15, 0.2) is 22.8 Å². The van der Waals surface area contributed by atoms with Gasteiger partial charge in [-0.15, -0.1) is 0 Å². The second-order valence-electron chi connectivity index (χ2n) is 2.69. The van der Waals surface area contributed by atoms with Gasteiger partial charge in [-0.3, -0.25) is 10.1 Å². The Bertz CT molecular complexity index is 485. The van der Waals surface area contributed by atoms with E-state index in [0.717, 1.165) is 11.5 Å². The van der Waals surface area contributed by atoms with E-state index in [9.17, 15) is 9.18 Å². The number of hydrogen-bond donors (Lipinski definition) is 1. The number of aromatic nitrogens is 2. The van der Waals surface area contributed by atoms with Crippen LogP contribution in [0.4, 0.5) is 9.52 Å². The van der Waals surface area contributed by atoms with Gasteiger partial charge < -0.3 is 4.42 Å². The second-order valence-corrected chi connectivity index (χ2v) is 3.83. The van der Waals surface area contributed by atoms with E-state index in [1.165, 1.54) is 6.26 Å². The molecule has 16 heavy (non-hydrogen) atoms. The molecule has 0 radical (unpaired) electrons. The van der Waals surface area contributed by atoms with Crippen molar-refractivity contribution in [2.24, 2.45) is 0 Å². The first kappa shape index (κ1) is 11.0. The van der Waals surface area contributed by atoms with Crippen LogP contribution in [0.3, 0.4) is 0 Å². The number of hydrogen-bond acceptors (Lipinski definition) is 5. The van der Waals surface area contributed by atoms with Crippen molar-refractivity contribution in [2.45, 2.75) is 5.63 Å². The highest BCUT2D eigenvalue weighted by molar-refractivity contribution is 7.10. The van der Waals surface area contributed by atoms with Crippen LogP contribution in [0.25, 0.3) is 11.6 Å². The molecule has 5 nitrogen and oxygen atoms in total. The lowest BCUT2D eigenvalue weighted by Crippen LogP contribution is -2.19. The minimum atomic E-state index is -2.10. The summed E-state index contributed by atoms with van der Waals surface area (Å²) in [5, 5.41) is 2.35. The molecule has 1 unspecified atom stereocenters. The molecule has 2 aromatic heterocycles. The Morgan fingerprint density at radius 1 is 1.69 bits per heavy atom. The molecule has 0 bridgehead atoms. The van der Waals surface area contributed by atoms with Gasteiger partial charge in [0.1, 0.15) is 0 Å². The molecule has 0 aliphatic carbocycles. The molecule has 0 spiro atoms. The number of nitrogens with zero attached hydrogens (tertiary/aromatic N) is 2. The van der Waals surface area contributed by atoms with Crippen molar-refractivity contribution in [3.05, 3.63) is 18.4 Å². The Hall–Kier alpha value is -1.47. The van der Waals surface area contributed by atoms with Crippen LogP contribution in [-0.4, -0.2) is 20.9 Å². The summed E-state index contributed by atoms with van der Waals surface area (Å²) in [5.74, 6) is -0.168. The average molecular weight is 262 g/mol. The van der Waals surface area contributed by atoms with Crippen LogP contribution in [0, 0.1) is 0 Å². The van der Waals surface area contributed by atoms with Gasteiger partial charge >= 0.3 is 0 Å². The van der Waals surface area contributed by atoms with Crippen molar-refractivity contribution in [1.29, 1.82) is 0 Å². The summed E-state index contributed by atoms with van der Waals surface area (Å²) in [6.45, 7) is 0. The Labute approximate surface area is 98.4 Å². The maximum absolute atomic E-state index is 12.4. The molecule has 2 rings (SSSR count). The van der Waals surface area contributed by atoms with E-state index in [0.29, 0.717) is 11.6 Å². The van der Waals surface area contributed by atoms with Gasteiger partial charge in [-0.1, -0.05) is 11.6 Å². The number of anilines is 1. The van der Waals surface area contributed by atoms with Gasteiger partial charge in [0, 0.05) is 11.5 Å². The number of nitrogens with one attached hydrogen (secondary N) is 1. The Balaban J connectivity index is 2.11. The van der Waals surface area contributed by atoms with Crippen molar-refractivity contribution in [3.63, 3.8) is 0 Å². The number of furan rings is 1. The number of amides is 1. The van der Waals surface area contributed by atoms with Gasteiger partial charge in [-0.05, 0) is 12.1 Å². The Morgan fingerprint density at radius 2 is 2.50 bits per heavy atom. The van der Waals surface area contributed by atoms with E-state index in [4.69, 9.17) is 16.0 Å². The normalized spacial score (nSPS) is 12.4. The molecule has 0 aliphatic rings.